The molecule has 1 saturated heterocycles. The molecule has 1 aliphatic heterocycles. The lowest BCUT2D eigenvalue weighted by molar-refractivity contribution is 0.0704. The van der Waals surface area contributed by atoms with Crippen LogP contribution in [0.15, 0.2) is 28.8 Å². The van der Waals surface area contributed by atoms with Crippen LogP contribution in [0, 0.1) is 17.6 Å². The number of piperidine rings is 1. The Morgan fingerprint density at radius 2 is 2.15 bits per heavy atom. The average molecular weight is 363 g/mol. The van der Waals surface area contributed by atoms with Gasteiger partial charge in [-0.2, -0.15) is 0 Å². The van der Waals surface area contributed by atoms with Crippen LogP contribution in [-0.4, -0.2) is 35.1 Å². The van der Waals surface area contributed by atoms with Crippen molar-refractivity contribution in [3.63, 3.8) is 0 Å². The maximum absolute atomic E-state index is 13.4. The molecule has 1 aromatic carbocycles. The number of amides is 1. The van der Waals surface area contributed by atoms with E-state index >= 15 is 0 Å². The summed E-state index contributed by atoms with van der Waals surface area (Å²) < 4.78 is 31.6. The number of carbonyl (C=O) groups is 1. The van der Waals surface area contributed by atoms with Gasteiger partial charge in [0.05, 0.1) is 0 Å². The van der Waals surface area contributed by atoms with E-state index in [9.17, 15) is 13.6 Å². The number of hydrogen-bond acceptors (Lipinski definition) is 4. The van der Waals surface area contributed by atoms with Crippen molar-refractivity contribution in [2.75, 3.05) is 18.4 Å². The van der Waals surface area contributed by atoms with Crippen molar-refractivity contribution in [2.24, 2.45) is 5.92 Å². The van der Waals surface area contributed by atoms with Crippen LogP contribution in [0.2, 0.25) is 0 Å². The van der Waals surface area contributed by atoms with Crippen LogP contribution in [0.3, 0.4) is 0 Å². The Kier molecular flexibility index (Phi) is 5.54. The fraction of sp³-hybridized carbons (Fsp3) is 0.474. The molecule has 140 valence electrons. The molecule has 2 aromatic rings. The fourth-order valence-corrected chi connectivity index (χ4v) is 3.18. The van der Waals surface area contributed by atoms with E-state index in [2.05, 4.69) is 24.3 Å². The SMILES string of the molecule is CC(C)Cc1cc(C(=O)N2CCC[C@@H](Nc3ccc(F)c(F)c3)C2)no1. The van der Waals surface area contributed by atoms with Gasteiger partial charge in [0.25, 0.3) is 5.91 Å². The van der Waals surface area contributed by atoms with E-state index in [4.69, 9.17) is 4.52 Å². The van der Waals surface area contributed by atoms with Crippen molar-refractivity contribution in [1.82, 2.24) is 10.1 Å². The molecule has 0 bridgehead atoms. The van der Waals surface area contributed by atoms with Gasteiger partial charge in [-0.15, -0.1) is 0 Å². The molecule has 1 amide bonds. The Hall–Kier alpha value is -2.44. The van der Waals surface area contributed by atoms with Gasteiger partial charge in [0.2, 0.25) is 0 Å². The maximum atomic E-state index is 13.4. The summed E-state index contributed by atoms with van der Waals surface area (Å²) in [7, 11) is 0. The third kappa shape index (κ3) is 4.39. The number of nitrogens with one attached hydrogen (secondary N) is 1. The van der Waals surface area contributed by atoms with Gasteiger partial charge in [0.1, 0.15) is 5.76 Å². The predicted octanol–water partition coefficient (Wildman–Crippen LogP) is 3.87. The average Bonchev–Trinajstić information content (AvgIpc) is 3.05. The molecule has 3 rings (SSSR count). The number of benzene rings is 1. The number of hydrogen-bond donors (Lipinski definition) is 1. The summed E-state index contributed by atoms with van der Waals surface area (Å²) in [6.07, 6.45) is 2.41. The number of nitrogens with zero attached hydrogens (tertiary/aromatic N) is 2. The summed E-state index contributed by atoms with van der Waals surface area (Å²) in [5.41, 5.74) is 0.818. The van der Waals surface area contributed by atoms with Gasteiger partial charge >= 0.3 is 0 Å². The monoisotopic (exact) mass is 363 g/mol. The minimum absolute atomic E-state index is 0.0282. The number of halogens is 2. The summed E-state index contributed by atoms with van der Waals surface area (Å²) >= 11 is 0. The summed E-state index contributed by atoms with van der Waals surface area (Å²) in [6, 6.07) is 5.39. The van der Waals surface area contributed by atoms with Gasteiger partial charge in [0, 0.05) is 43.4 Å². The Balaban J connectivity index is 1.63. The van der Waals surface area contributed by atoms with Crippen LogP contribution in [0.5, 0.6) is 0 Å². The van der Waals surface area contributed by atoms with E-state index in [-0.39, 0.29) is 11.9 Å². The van der Waals surface area contributed by atoms with Crippen molar-refractivity contribution in [3.8, 4) is 0 Å². The first-order chi connectivity index (χ1) is 12.4. The van der Waals surface area contributed by atoms with E-state index in [0.717, 1.165) is 31.4 Å². The Morgan fingerprint density at radius 1 is 1.35 bits per heavy atom. The molecule has 26 heavy (non-hydrogen) atoms. The normalized spacial score (nSPS) is 17.6. The van der Waals surface area contributed by atoms with Crippen molar-refractivity contribution in [2.45, 2.75) is 39.2 Å². The molecule has 0 spiro atoms. The third-order valence-corrected chi connectivity index (χ3v) is 4.39. The smallest absolute Gasteiger partial charge is 0.276 e. The minimum Gasteiger partial charge on any atom is -0.380 e. The highest BCUT2D eigenvalue weighted by Crippen LogP contribution is 2.20. The molecule has 0 unspecified atom stereocenters. The minimum atomic E-state index is -0.890. The lowest BCUT2D eigenvalue weighted by Gasteiger charge is -2.33. The molecular weight excluding hydrogens is 340 g/mol. The zero-order valence-electron chi connectivity index (χ0n) is 15.0. The number of anilines is 1. The third-order valence-electron chi connectivity index (χ3n) is 4.39. The molecule has 1 fully saturated rings. The molecule has 1 aliphatic rings. The molecule has 7 heteroatoms. The first-order valence-corrected chi connectivity index (χ1v) is 8.89. The van der Waals surface area contributed by atoms with Crippen LogP contribution in [-0.2, 0) is 6.42 Å². The first-order valence-electron chi connectivity index (χ1n) is 8.89. The van der Waals surface area contributed by atoms with Crippen LogP contribution < -0.4 is 5.32 Å². The fourth-order valence-electron chi connectivity index (χ4n) is 3.18. The Morgan fingerprint density at radius 3 is 2.88 bits per heavy atom. The molecule has 1 aromatic heterocycles. The number of likely N-dealkylation sites (tertiary alicyclic amines) is 1. The molecule has 1 N–H and O–H groups in total. The van der Waals surface area contributed by atoms with Gasteiger partial charge in [-0.3, -0.25) is 4.79 Å². The molecule has 0 aliphatic carbocycles. The highest BCUT2D eigenvalue weighted by molar-refractivity contribution is 5.92. The highest BCUT2D eigenvalue weighted by atomic mass is 19.2. The topological polar surface area (TPSA) is 58.4 Å². The van der Waals surface area contributed by atoms with Crippen molar-refractivity contribution in [3.05, 3.63) is 47.4 Å². The van der Waals surface area contributed by atoms with Gasteiger partial charge < -0.3 is 14.7 Å². The second-order valence-electron chi connectivity index (χ2n) is 7.14. The zero-order chi connectivity index (χ0) is 18.7. The Bertz CT molecular complexity index is 776. The summed E-state index contributed by atoms with van der Waals surface area (Å²) in [5.74, 6) is -0.804. The summed E-state index contributed by atoms with van der Waals surface area (Å²) in [5, 5.41) is 7.07. The molecule has 2 heterocycles. The second kappa shape index (κ2) is 7.85. The first kappa shape index (κ1) is 18.4. The molecule has 0 saturated carbocycles. The van der Waals surface area contributed by atoms with Crippen molar-refractivity contribution in [1.29, 1.82) is 0 Å². The van der Waals surface area contributed by atoms with E-state index in [0.29, 0.717) is 36.1 Å². The predicted molar refractivity (Wildman–Crippen MR) is 94.0 cm³/mol. The van der Waals surface area contributed by atoms with Gasteiger partial charge in [0.15, 0.2) is 17.3 Å². The molecule has 0 radical (unpaired) electrons. The Labute approximate surface area is 151 Å². The van der Waals surface area contributed by atoms with Crippen molar-refractivity contribution >= 4 is 11.6 Å². The number of carbonyl (C=O) groups excluding carboxylic acids is 1. The summed E-state index contributed by atoms with van der Waals surface area (Å²) in [6.45, 7) is 5.26. The zero-order valence-corrected chi connectivity index (χ0v) is 15.0. The summed E-state index contributed by atoms with van der Waals surface area (Å²) in [4.78, 5) is 14.4. The standard InChI is InChI=1S/C19H23F2N3O2/c1-12(2)8-15-10-18(23-26-15)19(25)24-7-3-4-14(11-24)22-13-5-6-16(20)17(21)9-13/h5-6,9-10,12,14,22H,3-4,7-8,11H2,1-2H3/t14-/m1/s1. The molecule has 5 nitrogen and oxygen atoms in total. The van der Waals surface area contributed by atoms with E-state index in [1.165, 1.54) is 6.07 Å². The molecule has 1 atom stereocenters. The van der Waals surface area contributed by atoms with Gasteiger partial charge in [-0.05, 0) is 30.9 Å². The number of aromatic nitrogens is 1. The lowest BCUT2D eigenvalue weighted by Crippen LogP contribution is -2.45. The van der Waals surface area contributed by atoms with Crippen LogP contribution in [0.4, 0.5) is 14.5 Å². The van der Waals surface area contributed by atoms with Gasteiger partial charge in [-0.1, -0.05) is 19.0 Å². The maximum Gasteiger partial charge on any atom is 0.276 e. The van der Waals surface area contributed by atoms with Crippen LogP contribution in [0.25, 0.3) is 0 Å². The van der Waals surface area contributed by atoms with E-state index in [1.54, 1.807) is 11.0 Å². The van der Waals surface area contributed by atoms with Crippen molar-refractivity contribution < 1.29 is 18.1 Å². The lowest BCUT2D eigenvalue weighted by atomic mass is 10.0. The number of rotatable bonds is 5. The van der Waals surface area contributed by atoms with E-state index in [1.807, 2.05) is 0 Å². The van der Waals surface area contributed by atoms with Crippen LogP contribution in [0.1, 0.15) is 42.9 Å². The van der Waals surface area contributed by atoms with E-state index < -0.39 is 11.6 Å². The second-order valence-corrected chi connectivity index (χ2v) is 7.14. The van der Waals surface area contributed by atoms with Gasteiger partial charge in [-0.25, -0.2) is 8.78 Å². The highest BCUT2D eigenvalue weighted by Gasteiger charge is 2.26. The van der Waals surface area contributed by atoms with Crippen LogP contribution >= 0.6 is 0 Å². The quantitative estimate of drug-likeness (QED) is 0.876. The molecular formula is C19H23F2N3O2. The largest absolute Gasteiger partial charge is 0.380 e.